The van der Waals surface area contributed by atoms with Gasteiger partial charge in [0.15, 0.2) is 0 Å². The predicted molar refractivity (Wildman–Crippen MR) is 76.8 cm³/mol. The lowest BCUT2D eigenvalue weighted by Crippen LogP contribution is -2.31. The van der Waals surface area contributed by atoms with Crippen LogP contribution in [-0.4, -0.2) is 36.1 Å². The van der Waals surface area contributed by atoms with Gasteiger partial charge < -0.3 is 10.0 Å². The summed E-state index contributed by atoms with van der Waals surface area (Å²) in [4.78, 5) is 13.7. The van der Waals surface area contributed by atoms with Crippen LogP contribution in [0.1, 0.15) is 36.2 Å². The second-order valence-electron chi connectivity index (χ2n) is 4.85. The zero-order valence-electron chi connectivity index (χ0n) is 12.1. The molecule has 1 aromatic carbocycles. The van der Waals surface area contributed by atoms with Gasteiger partial charge in [0.2, 0.25) is 0 Å². The van der Waals surface area contributed by atoms with Gasteiger partial charge in [-0.25, -0.2) is 4.39 Å². The van der Waals surface area contributed by atoms with Crippen LogP contribution in [0.3, 0.4) is 0 Å². The lowest BCUT2D eigenvalue weighted by atomic mass is 10.1. The fourth-order valence-corrected chi connectivity index (χ4v) is 1.79. The van der Waals surface area contributed by atoms with Crippen molar-refractivity contribution in [1.29, 1.82) is 0 Å². The predicted octanol–water partition coefficient (Wildman–Crippen LogP) is 2.29. The molecule has 108 valence electrons. The number of rotatable bonds is 4. The topological polar surface area (TPSA) is 40.5 Å². The highest BCUT2D eigenvalue weighted by Crippen LogP contribution is 2.13. The minimum absolute atomic E-state index is 0.0466. The van der Waals surface area contributed by atoms with E-state index < -0.39 is 5.82 Å². The summed E-state index contributed by atoms with van der Waals surface area (Å²) < 4.78 is 13.9. The van der Waals surface area contributed by atoms with Crippen molar-refractivity contribution >= 4 is 5.91 Å². The summed E-state index contributed by atoms with van der Waals surface area (Å²) in [5, 5.41) is 8.59. The Morgan fingerprint density at radius 1 is 1.50 bits per heavy atom. The smallest absolute Gasteiger partial charge is 0.256 e. The van der Waals surface area contributed by atoms with Gasteiger partial charge in [-0.05, 0) is 24.1 Å². The SMILES string of the molecule is CCC(C)CN(C)C(=O)c1ccc(C#CCO)cc1F. The number of nitrogens with zero attached hydrogens (tertiary/aromatic N) is 1. The minimum atomic E-state index is -0.587. The van der Waals surface area contributed by atoms with E-state index in [2.05, 4.69) is 18.8 Å². The van der Waals surface area contributed by atoms with Crippen LogP contribution in [0.25, 0.3) is 0 Å². The van der Waals surface area contributed by atoms with E-state index in [0.29, 0.717) is 18.0 Å². The third-order valence-corrected chi connectivity index (χ3v) is 3.14. The van der Waals surface area contributed by atoms with Crippen LogP contribution in [0.4, 0.5) is 4.39 Å². The van der Waals surface area contributed by atoms with Gasteiger partial charge in [-0.1, -0.05) is 32.1 Å². The number of aliphatic hydroxyl groups excluding tert-OH is 1. The average molecular weight is 277 g/mol. The quantitative estimate of drug-likeness (QED) is 0.858. The Kier molecular flexibility index (Phi) is 6.20. The standard InChI is InChI=1S/C16H20FNO2/c1-4-12(2)11-18(3)16(20)14-8-7-13(6-5-9-19)10-15(14)17/h7-8,10,12,19H,4,9,11H2,1-3H3. The molecule has 20 heavy (non-hydrogen) atoms. The molecule has 0 aromatic heterocycles. The fraction of sp³-hybridized carbons (Fsp3) is 0.438. The van der Waals surface area contributed by atoms with E-state index in [9.17, 15) is 9.18 Å². The van der Waals surface area contributed by atoms with Crippen molar-refractivity contribution in [3.63, 3.8) is 0 Å². The summed E-state index contributed by atoms with van der Waals surface area (Å²) >= 11 is 0. The summed E-state index contributed by atoms with van der Waals surface area (Å²) in [6.45, 7) is 4.42. The molecule has 0 aliphatic carbocycles. The molecule has 0 spiro atoms. The Morgan fingerprint density at radius 3 is 2.75 bits per heavy atom. The number of halogens is 1. The van der Waals surface area contributed by atoms with Crippen molar-refractivity contribution in [1.82, 2.24) is 4.90 Å². The first kappa shape index (κ1) is 16.2. The first-order valence-corrected chi connectivity index (χ1v) is 6.64. The molecule has 1 rings (SSSR count). The maximum absolute atomic E-state index is 13.9. The molecule has 1 unspecified atom stereocenters. The van der Waals surface area contributed by atoms with Crippen LogP contribution in [0.2, 0.25) is 0 Å². The van der Waals surface area contributed by atoms with Crippen molar-refractivity contribution in [2.24, 2.45) is 5.92 Å². The van der Waals surface area contributed by atoms with E-state index in [1.165, 1.54) is 17.0 Å². The van der Waals surface area contributed by atoms with Crippen LogP contribution in [0.5, 0.6) is 0 Å². The van der Waals surface area contributed by atoms with E-state index in [1.54, 1.807) is 13.1 Å². The Balaban J connectivity index is 2.88. The molecule has 1 N–H and O–H groups in total. The largest absolute Gasteiger partial charge is 0.384 e. The molecule has 0 aliphatic heterocycles. The molecule has 0 heterocycles. The number of aliphatic hydroxyl groups is 1. The third kappa shape index (κ3) is 4.36. The van der Waals surface area contributed by atoms with Gasteiger partial charge in [0.1, 0.15) is 12.4 Å². The summed E-state index contributed by atoms with van der Waals surface area (Å²) in [5.74, 6) is 4.51. The number of amides is 1. The molecular formula is C16H20FNO2. The molecule has 0 bridgehead atoms. The minimum Gasteiger partial charge on any atom is -0.384 e. The molecule has 1 atom stereocenters. The maximum Gasteiger partial charge on any atom is 0.256 e. The first-order valence-electron chi connectivity index (χ1n) is 6.64. The van der Waals surface area contributed by atoms with Crippen LogP contribution >= 0.6 is 0 Å². The molecule has 1 aromatic rings. The van der Waals surface area contributed by atoms with Crippen LogP contribution in [0.15, 0.2) is 18.2 Å². The third-order valence-electron chi connectivity index (χ3n) is 3.14. The monoisotopic (exact) mass is 277 g/mol. The number of carbonyl (C=O) groups is 1. The number of benzene rings is 1. The van der Waals surface area contributed by atoms with E-state index in [-0.39, 0.29) is 18.1 Å². The maximum atomic E-state index is 13.9. The fourth-order valence-electron chi connectivity index (χ4n) is 1.79. The summed E-state index contributed by atoms with van der Waals surface area (Å²) in [6, 6.07) is 4.23. The zero-order valence-corrected chi connectivity index (χ0v) is 12.1. The van der Waals surface area contributed by atoms with Crippen molar-refractivity contribution < 1.29 is 14.3 Å². The lowest BCUT2D eigenvalue weighted by molar-refractivity contribution is 0.0770. The highest BCUT2D eigenvalue weighted by Gasteiger charge is 2.17. The molecular weight excluding hydrogens is 257 g/mol. The van der Waals surface area contributed by atoms with E-state index in [0.717, 1.165) is 6.42 Å². The number of hydrogen-bond donors (Lipinski definition) is 1. The van der Waals surface area contributed by atoms with Crippen molar-refractivity contribution in [3.05, 3.63) is 35.1 Å². The van der Waals surface area contributed by atoms with Crippen LogP contribution in [-0.2, 0) is 0 Å². The van der Waals surface area contributed by atoms with E-state index in [4.69, 9.17) is 5.11 Å². The van der Waals surface area contributed by atoms with Gasteiger partial charge in [0.25, 0.3) is 5.91 Å². The molecule has 4 heteroatoms. The Bertz CT molecular complexity index is 531. The molecule has 0 saturated heterocycles. The van der Waals surface area contributed by atoms with Gasteiger partial charge >= 0.3 is 0 Å². The Labute approximate surface area is 119 Å². The van der Waals surface area contributed by atoms with Crippen molar-refractivity contribution in [2.75, 3.05) is 20.2 Å². The average Bonchev–Trinajstić information content (AvgIpc) is 2.44. The first-order chi connectivity index (χ1) is 9.49. The van der Waals surface area contributed by atoms with Gasteiger partial charge in [0, 0.05) is 19.2 Å². The highest BCUT2D eigenvalue weighted by molar-refractivity contribution is 5.94. The van der Waals surface area contributed by atoms with Crippen molar-refractivity contribution in [3.8, 4) is 11.8 Å². The summed E-state index contributed by atoms with van der Waals surface area (Å²) in [6.07, 6.45) is 0.968. The van der Waals surface area contributed by atoms with Crippen molar-refractivity contribution in [2.45, 2.75) is 20.3 Å². The van der Waals surface area contributed by atoms with Gasteiger partial charge in [-0.15, -0.1) is 0 Å². The molecule has 0 radical (unpaired) electrons. The van der Waals surface area contributed by atoms with E-state index >= 15 is 0 Å². The van der Waals surface area contributed by atoms with Crippen LogP contribution in [0, 0.1) is 23.6 Å². The zero-order chi connectivity index (χ0) is 15.1. The van der Waals surface area contributed by atoms with E-state index in [1.807, 2.05) is 6.92 Å². The lowest BCUT2D eigenvalue weighted by Gasteiger charge is -2.21. The molecule has 0 aliphatic rings. The van der Waals surface area contributed by atoms with Gasteiger partial charge in [-0.3, -0.25) is 4.79 Å². The number of carbonyl (C=O) groups excluding carboxylic acids is 1. The summed E-state index contributed by atoms with van der Waals surface area (Å²) in [5.41, 5.74) is 0.489. The second-order valence-corrected chi connectivity index (χ2v) is 4.85. The molecule has 1 amide bonds. The highest BCUT2D eigenvalue weighted by atomic mass is 19.1. The molecule has 3 nitrogen and oxygen atoms in total. The molecule has 0 saturated carbocycles. The normalized spacial score (nSPS) is 11.4. The Morgan fingerprint density at radius 2 is 2.20 bits per heavy atom. The van der Waals surface area contributed by atoms with Gasteiger partial charge in [0.05, 0.1) is 5.56 Å². The second kappa shape index (κ2) is 7.66. The summed E-state index contributed by atoms with van der Waals surface area (Å²) in [7, 11) is 1.67. The Hall–Kier alpha value is -1.86. The number of hydrogen-bond acceptors (Lipinski definition) is 2. The van der Waals surface area contributed by atoms with Crippen LogP contribution < -0.4 is 0 Å². The van der Waals surface area contributed by atoms with Gasteiger partial charge in [-0.2, -0.15) is 0 Å². The molecule has 0 fully saturated rings.